The van der Waals surface area contributed by atoms with Crippen LogP contribution in [0.3, 0.4) is 0 Å². The van der Waals surface area contributed by atoms with Crippen molar-refractivity contribution in [3.63, 3.8) is 0 Å². The van der Waals surface area contributed by atoms with E-state index in [2.05, 4.69) is 10.6 Å². The molecule has 1 unspecified atom stereocenters. The Morgan fingerprint density at radius 2 is 1.81 bits per heavy atom. The van der Waals surface area contributed by atoms with E-state index < -0.39 is 23.6 Å². The Balaban J connectivity index is 1.05. The molecule has 2 aliphatic carbocycles. The molecule has 7 nitrogen and oxygen atoms in total. The maximum Gasteiger partial charge on any atom is 0.255 e. The summed E-state index contributed by atoms with van der Waals surface area (Å²) in [6, 6.07) is 8.02. The van der Waals surface area contributed by atoms with Gasteiger partial charge in [-0.2, -0.15) is 0 Å². The summed E-state index contributed by atoms with van der Waals surface area (Å²) >= 11 is 0. The highest BCUT2D eigenvalue weighted by Crippen LogP contribution is 2.62. The molecule has 2 aromatic rings. The van der Waals surface area contributed by atoms with Gasteiger partial charge in [0.2, 0.25) is 11.8 Å². The predicted molar refractivity (Wildman–Crippen MR) is 124 cm³/mol. The molecule has 6 rings (SSSR count). The first-order valence-corrected chi connectivity index (χ1v) is 12.2. The number of nitrogens with one attached hydrogen (secondary N) is 2. The third-order valence-electron chi connectivity index (χ3n) is 8.24. The molecule has 2 aromatic carbocycles. The molecule has 0 aromatic heterocycles. The number of amides is 4. The van der Waals surface area contributed by atoms with Crippen LogP contribution in [0.15, 0.2) is 36.4 Å². The van der Waals surface area contributed by atoms with Crippen LogP contribution in [-0.2, 0) is 16.1 Å². The molecule has 36 heavy (non-hydrogen) atoms. The van der Waals surface area contributed by atoms with Crippen LogP contribution in [0.1, 0.15) is 76.3 Å². The van der Waals surface area contributed by atoms with Gasteiger partial charge in [-0.1, -0.05) is 6.07 Å². The molecular formula is C27H25F2N3O4. The average Bonchev–Trinajstić information content (AvgIpc) is 3.10. The molecule has 9 heteroatoms. The summed E-state index contributed by atoms with van der Waals surface area (Å²) in [7, 11) is 0. The molecule has 1 spiro atoms. The minimum atomic E-state index is -0.694. The molecule has 1 atom stereocenters. The Morgan fingerprint density at radius 1 is 1.03 bits per heavy atom. The largest absolute Gasteiger partial charge is 0.349 e. The van der Waals surface area contributed by atoms with Gasteiger partial charge in [0.25, 0.3) is 11.8 Å². The Morgan fingerprint density at radius 3 is 2.53 bits per heavy atom. The number of nitrogens with zero attached hydrogens (tertiary/aromatic N) is 1. The number of halogens is 2. The molecular weight excluding hydrogens is 468 g/mol. The van der Waals surface area contributed by atoms with Gasteiger partial charge < -0.3 is 10.2 Å². The van der Waals surface area contributed by atoms with Gasteiger partial charge in [-0.25, -0.2) is 8.78 Å². The van der Waals surface area contributed by atoms with Crippen molar-refractivity contribution >= 4 is 23.6 Å². The SMILES string of the molecule is O=C1CCC(N2Cc3cc(C(=O)NC4CC5(C4)CC(c4ccc(F)cc4F)C5)ccc3C2=O)C(=O)N1. The van der Waals surface area contributed by atoms with Gasteiger partial charge in [0.05, 0.1) is 0 Å². The molecule has 2 heterocycles. The first-order valence-electron chi connectivity index (χ1n) is 12.2. The molecule has 2 N–H and O–H groups in total. The lowest BCUT2D eigenvalue weighted by Crippen LogP contribution is -2.55. The van der Waals surface area contributed by atoms with Gasteiger partial charge in [0.15, 0.2) is 0 Å². The van der Waals surface area contributed by atoms with E-state index in [1.807, 2.05) is 0 Å². The van der Waals surface area contributed by atoms with Crippen molar-refractivity contribution in [1.82, 2.24) is 15.5 Å². The van der Waals surface area contributed by atoms with Crippen molar-refractivity contribution in [2.45, 2.75) is 63.1 Å². The summed E-state index contributed by atoms with van der Waals surface area (Å²) in [5, 5.41) is 5.34. The zero-order valence-corrected chi connectivity index (χ0v) is 19.5. The first-order chi connectivity index (χ1) is 17.2. The number of carbonyl (C=O) groups excluding carboxylic acids is 4. The van der Waals surface area contributed by atoms with Crippen molar-refractivity contribution in [3.8, 4) is 0 Å². The maximum absolute atomic E-state index is 14.1. The second kappa shape index (κ2) is 8.21. The van der Waals surface area contributed by atoms with Crippen molar-refractivity contribution in [3.05, 3.63) is 70.3 Å². The summed E-state index contributed by atoms with van der Waals surface area (Å²) in [6.45, 7) is 0.218. The van der Waals surface area contributed by atoms with E-state index >= 15 is 0 Å². The number of piperidine rings is 1. The highest BCUT2D eigenvalue weighted by molar-refractivity contribution is 6.06. The topological polar surface area (TPSA) is 95.6 Å². The van der Waals surface area contributed by atoms with Crippen molar-refractivity contribution < 1.29 is 28.0 Å². The molecule has 3 fully saturated rings. The summed E-state index contributed by atoms with van der Waals surface area (Å²) < 4.78 is 27.2. The van der Waals surface area contributed by atoms with Crippen LogP contribution >= 0.6 is 0 Å². The van der Waals surface area contributed by atoms with Crippen molar-refractivity contribution in [1.29, 1.82) is 0 Å². The normalized spacial score (nSPS) is 28.9. The lowest BCUT2D eigenvalue weighted by Gasteiger charge is -2.58. The fourth-order valence-corrected chi connectivity index (χ4v) is 6.44. The third kappa shape index (κ3) is 3.77. The Hall–Kier alpha value is -3.62. The molecule has 2 aliphatic heterocycles. The van der Waals surface area contributed by atoms with E-state index in [9.17, 15) is 28.0 Å². The fourth-order valence-electron chi connectivity index (χ4n) is 6.44. The highest BCUT2D eigenvalue weighted by atomic mass is 19.1. The minimum Gasteiger partial charge on any atom is -0.349 e. The van der Waals surface area contributed by atoms with Gasteiger partial charge in [-0.05, 0) is 78.8 Å². The van der Waals surface area contributed by atoms with Gasteiger partial charge in [0.1, 0.15) is 17.7 Å². The highest BCUT2D eigenvalue weighted by Gasteiger charge is 2.53. The van der Waals surface area contributed by atoms with Crippen molar-refractivity contribution in [2.75, 3.05) is 0 Å². The van der Waals surface area contributed by atoms with Crippen LogP contribution < -0.4 is 10.6 Å². The number of fused-ring (bicyclic) bond motifs is 1. The van der Waals surface area contributed by atoms with Crippen LogP contribution in [0.5, 0.6) is 0 Å². The van der Waals surface area contributed by atoms with Gasteiger partial charge in [-0.15, -0.1) is 0 Å². The summed E-state index contributed by atoms with van der Waals surface area (Å²) in [6.07, 6.45) is 3.79. The molecule has 0 bridgehead atoms. The molecule has 2 saturated carbocycles. The van der Waals surface area contributed by atoms with Crippen LogP contribution in [0.2, 0.25) is 0 Å². The number of imide groups is 1. The summed E-state index contributed by atoms with van der Waals surface area (Å²) in [5.74, 6) is -2.28. The molecule has 4 aliphatic rings. The van der Waals surface area contributed by atoms with E-state index in [1.165, 1.54) is 17.0 Å². The fraction of sp³-hybridized carbons (Fsp3) is 0.407. The smallest absolute Gasteiger partial charge is 0.255 e. The zero-order chi connectivity index (χ0) is 25.2. The lowest BCUT2D eigenvalue weighted by atomic mass is 9.49. The summed E-state index contributed by atoms with van der Waals surface area (Å²) in [4.78, 5) is 50.8. The maximum atomic E-state index is 14.1. The second-order valence-corrected chi connectivity index (χ2v) is 10.6. The average molecular weight is 494 g/mol. The van der Waals surface area contributed by atoms with Crippen LogP contribution in [0.25, 0.3) is 0 Å². The van der Waals surface area contributed by atoms with E-state index in [0.29, 0.717) is 22.3 Å². The van der Waals surface area contributed by atoms with E-state index in [-0.39, 0.29) is 54.5 Å². The number of benzene rings is 2. The monoisotopic (exact) mass is 493 g/mol. The van der Waals surface area contributed by atoms with E-state index in [0.717, 1.165) is 31.7 Å². The number of hydrogen-bond acceptors (Lipinski definition) is 4. The van der Waals surface area contributed by atoms with Crippen LogP contribution in [-0.4, -0.2) is 40.6 Å². The standard InChI is InChI=1S/C27H25F2N3O4/c28-17-2-4-19(21(29)8-17)16-9-27(10-16)11-18(12-27)30-24(34)14-1-3-20-15(7-14)13-32(26(20)36)22-5-6-23(33)31-25(22)35/h1-4,7-8,16,18,22H,5-6,9-13H2,(H,30,34)(H,31,33,35). The van der Waals surface area contributed by atoms with Gasteiger partial charge >= 0.3 is 0 Å². The Kier molecular flexibility index (Phi) is 5.21. The Labute approximate surface area is 206 Å². The quantitative estimate of drug-likeness (QED) is 0.640. The molecule has 186 valence electrons. The third-order valence-corrected chi connectivity index (χ3v) is 8.24. The predicted octanol–water partition coefficient (Wildman–Crippen LogP) is 3.18. The molecule has 0 radical (unpaired) electrons. The molecule has 1 saturated heterocycles. The summed E-state index contributed by atoms with van der Waals surface area (Å²) in [5.41, 5.74) is 2.27. The minimum absolute atomic E-state index is 0.0337. The first kappa shape index (κ1) is 22.8. The van der Waals surface area contributed by atoms with E-state index in [1.54, 1.807) is 18.2 Å². The van der Waals surface area contributed by atoms with Crippen molar-refractivity contribution in [2.24, 2.45) is 5.41 Å². The van der Waals surface area contributed by atoms with E-state index in [4.69, 9.17) is 0 Å². The number of rotatable bonds is 4. The molecule has 4 amide bonds. The van der Waals surface area contributed by atoms with Gasteiger partial charge in [-0.3, -0.25) is 24.5 Å². The number of hydrogen-bond donors (Lipinski definition) is 2. The number of carbonyl (C=O) groups is 4. The van der Waals surface area contributed by atoms with Crippen LogP contribution in [0.4, 0.5) is 8.78 Å². The Bertz CT molecular complexity index is 1310. The zero-order valence-electron chi connectivity index (χ0n) is 19.5. The second-order valence-electron chi connectivity index (χ2n) is 10.6. The van der Waals surface area contributed by atoms with Gasteiger partial charge in [0, 0.05) is 36.2 Å². The van der Waals surface area contributed by atoms with Crippen LogP contribution in [0, 0.1) is 17.0 Å². The lowest BCUT2D eigenvalue weighted by molar-refractivity contribution is -0.136.